The lowest BCUT2D eigenvalue weighted by Crippen LogP contribution is -2.43. The molecule has 1 saturated carbocycles. The van der Waals surface area contributed by atoms with Crippen LogP contribution in [0, 0.1) is 12.3 Å². The molecule has 2 N–H and O–H groups in total. The van der Waals surface area contributed by atoms with Crippen molar-refractivity contribution in [3.8, 4) is 0 Å². The van der Waals surface area contributed by atoms with Crippen LogP contribution in [-0.4, -0.2) is 23.5 Å². The van der Waals surface area contributed by atoms with Crippen LogP contribution >= 0.6 is 11.6 Å². The molecule has 0 spiro atoms. The van der Waals surface area contributed by atoms with Crippen molar-refractivity contribution in [1.29, 1.82) is 0 Å². The first-order valence-corrected chi connectivity index (χ1v) is 7.06. The third-order valence-electron chi connectivity index (χ3n) is 4.00. The van der Waals surface area contributed by atoms with Crippen molar-refractivity contribution in [3.63, 3.8) is 0 Å². The third-order valence-corrected chi connectivity index (χ3v) is 4.23. The molecule has 108 valence electrons. The second kappa shape index (κ2) is 5.83. The first-order chi connectivity index (χ1) is 9.42. The van der Waals surface area contributed by atoms with E-state index in [1.165, 1.54) is 0 Å². The van der Waals surface area contributed by atoms with E-state index in [0.717, 1.165) is 24.8 Å². The van der Waals surface area contributed by atoms with Gasteiger partial charge in [0.2, 0.25) is 0 Å². The van der Waals surface area contributed by atoms with Gasteiger partial charge in [0.15, 0.2) is 0 Å². The van der Waals surface area contributed by atoms with Gasteiger partial charge in [-0.25, -0.2) is 0 Å². The predicted octanol–water partition coefficient (Wildman–Crippen LogP) is 3.02. The second-order valence-corrected chi connectivity index (χ2v) is 6.00. The maximum Gasteiger partial charge on any atom is 0.303 e. The lowest BCUT2D eigenvalue weighted by molar-refractivity contribution is -0.141. The van der Waals surface area contributed by atoms with E-state index in [9.17, 15) is 9.59 Å². The number of benzene rings is 1. The zero-order chi connectivity index (χ0) is 14.8. The minimum Gasteiger partial charge on any atom is -0.481 e. The molecule has 0 heterocycles. The lowest BCUT2D eigenvalue weighted by atomic mass is 9.66. The van der Waals surface area contributed by atoms with E-state index in [1.807, 2.05) is 6.92 Å². The van der Waals surface area contributed by atoms with Crippen molar-refractivity contribution < 1.29 is 14.7 Å². The molecule has 0 radical (unpaired) electrons. The van der Waals surface area contributed by atoms with E-state index in [2.05, 4.69) is 5.32 Å². The second-order valence-electron chi connectivity index (χ2n) is 5.57. The molecule has 1 amide bonds. The number of halogens is 1. The highest BCUT2D eigenvalue weighted by Crippen LogP contribution is 2.43. The van der Waals surface area contributed by atoms with Gasteiger partial charge >= 0.3 is 5.97 Å². The number of aryl methyl sites for hydroxylation is 1. The Morgan fingerprint density at radius 2 is 2.10 bits per heavy atom. The maximum atomic E-state index is 12.1. The average molecular weight is 296 g/mol. The minimum atomic E-state index is -0.804. The number of hydrogen-bond acceptors (Lipinski definition) is 2. The monoisotopic (exact) mass is 295 g/mol. The number of carbonyl (C=O) groups excluding carboxylic acids is 1. The topological polar surface area (TPSA) is 66.4 Å². The molecule has 5 heteroatoms. The molecule has 1 aliphatic carbocycles. The first kappa shape index (κ1) is 14.9. The van der Waals surface area contributed by atoms with Crippen molar-refractivity contribution in [1.82, 2.24) is 5.32 Å². The fourth-order valence-corrected chi connectivity index (χ4v) is 2.89. The Labute approximate surface area is 123 Å². The van der Waals surface area contributed by atoms with E-state index in [4.69, 9.17) is 16.7 Å². The molecule has 0 saturated heterocycles. The number of nitrogens with one attached hydrogen (secondary N) is 1. The van der Waals surface area contributed by atoms with Crippen molar-refractivity contribution in [3.05, 3.63) is 34.3 Å². The van der Waals surface area contributed by atoms with Crippen LogP contribution in [0.3, 0.4) is 0 Å². The highest BCUT2D eigenvalue weighted by Gasteiger charge is 2.39. The average Bonchev–Trinajstić information content (AvgIpc) is 2.31. The number of aliphatic carboxylic acids is 1. The normalized spacial score (nSPS) is 16.3. The lowest BCUT2D eigenvalue weighted by Gasteiger charge is -2.40. The summed E-state index contributed by atoms with van der Waals surface area (Å²) in [5.74, 6) is -0.975. The van der Waals surface area contributed by atoms with Gasteiger partial charge in [0.05, 0.1) is 6.42 Å². The minimum absolute atomic E-state index is 0.118. The van der Waals surface area contributed by atoms with Gasteiger partial charge in [0.1, 0.15) is 0 Å². The zero-order valence-corrected chi connectivity index (χ0v) is 12.2. The van der Waals surface area contributed by atoms with Gasteiger partial charge in [-0.15, -0.1) is 0 Å². The van der Waals surface area contributed by atoms with Crippen LogP contribution in [0.4, 0.5) is 0 Å². The highest BCUT2D eigenvalue weighted by molar-refractivity contribution is 6.30. The number of carboxylic acid groups (broad SMARTS) is 1. The molecule has 1 fully saturated rings. The number of amides is 1. The molecule has 0 unspecified atom stereocenters. The summed E-state index contributed by atoms with van der Waals surface area (Å²) in [5.41, 5.74) is 1.14. The number of rotatable bonds is 5. The Hall–Kier alpha value is -1.55. The third kappa shape index (κ3) is 3.31. The SMILES string of the molecule is Cc1cc(Cl)ccc1C(=O)NCC1(CC(=O)O)CCC1. The summed E-state index contributed by atoms with van der Waals surface area (Å²) in [7, 11) is 0. The molecule has 2 rings (SSSR count). The van der Waals surface area contributed by atoms with Gasteiger partial charge in [0.25, 0.3) is 5.91 Å². The number of carboxylic acids is 1. The molecule has 1 aliphatic rings. The largest absolute Gasteiger partial charge is 0.481 e. The Morgan fingerprint density at radius 3 is 2.60 bits per heavy atom. The van der Waals surface area contributed by atoms with Crippen molar-refractivity contribution in [2.24, 2.45) is 5.41 Å². The van der Waals surface area contributed by atoms with Crippen molar-refractivity contribution in [2.75, 3.05) is 6.54 Å². The fourth-order valence-electron chi connectivity index (χ4n) is 2.66. The molecule has 4 nitrogen and oxygen atoms in total. The zero-order valence-electron chi connectivity index (χ0n) is 11.4. The molecular weight excluding hydrogens is 278 g/mol. The summed E-state index contributed by atoms with van der Waals surface area (Å²) in [4.78, 5) is 23.0. The molecule has 0 bridgehead atoms. The Balaban J connectivity index is 1.99. The molecule has 0 aromatic heterocycles. The van der Waals surface area contributed by atoms with Gasteiger partial charge in [0, 0.05) is 17.1 Å². The number of carbonyl (C=O) groups is 2. The molecule has 20 heavy (non-hydrogen) atoms. The Morgan fingerprint density at radius 1 is 1.40 bits per heavy atom. The summed E-state index contributed by atoms with van der Waals surface area (Å²) in [5, 5.41) is 12.4. The van der Waals surface area contributed by atoms with Gasteiger partial charge in [-0.3, -0.25) is 9.59 Å². The molecule has 0 atom stereocenters. The van der Waals surface area contributed by atoms with Crippen LogP contribution in [0.2, 0.25) is 5.02 Å². The van der Waals surface area contributed by atoms with Crippen LogP contribution in [0.15, 0.2) is 18.2 Å². The van der Waals surface area contributed by atoms with Crippen molar-refractivity contribution >= 4 is 23.5 Å². The fraction of sp³-hybridized carbons (Fsp3) is 0.467. The van der Waals surface area contributed by atoms with Crippen LogP contribution in [-0.2, 0) is 4.79 Å². The molecule has 1 aromatic carbocycles. The standard InChI is InChI=1S/C15H18ClNO3/c1-10-7-11(16)3-4-12(10)14(20)17-9-15(5-2-6-15)8-13(18)19/h3-4,7H,2,5-6,8-9H2,1H3,(H,17,20)(H,18,19). The Bertz CT molecular complexity index is 538. The highest BCUT2D eigenvalue weighted by atomic mass is 35.5. The summed E-state index contributed by atoms with van der Waals surface area (Å²) in [6, 6.07) is 5.12. The van der Waals surface area contributed by atoms with E-state index in [1.54, 1.807) is 18.2 Å². The van der Waals surface area contributed by atoms with E-state index in [0.29, 0.717) is 17.1 Å². The van der Waals surface area contributed by atoms with Crippen LogP contribution in [0.5, 0.6) is 0 Å². The molecular formula is C15H18ClNO3. The van der Waals surface area contributed by atoms with Gasteiger partial charge in [-0.05, 0) is 48.9 Å². The smallest absolute Gasteiger partial charge is 0.303 e. The summed E-state index contributed by atoms with van der Waals surface area (Å²) < 4.78 is 0. The summed E-state index contributed by atoms with van der Waals surface area (Å²) in [6.07, 6.45) is 2.87. The maximum absolute atomic E-state index is 12.1. The van der Waals surface area contributed by atoms with Gasteiger partial charge in [-0.2, -0.15) is 0 Å². The van der Waals surface area contributed by atoms with Crippen LogP contribution in [0.25, 0.3) is 0 Å². The van der Waals surface area contributed by atoms with Crippen LogP contribution in [0.1, 0.15) is 41.6 Å². The Kier molecular flexibility index (Phi) is 4.33. The number of hydrogen-bond donors (Lipinski definition) is 2. The molecule has 1 aromatic rings. The van der Waals surface area contributed by atoms with Crippen molar-refractivity contribution in [2.45, 2.75) is 32.6 Å². The predicted molar refractivity (Wildman–Crippen MR) is 77.1 cm³/mol. The first-order valence-electron chi connectivity index (χ1n) is 6.68. The van der Waals surface area contributed by atoms with Gasteiger partial charge < -0.3 is 10.4 Å². The van der Waals surface area contributed by atoms with E-state index < -0.39 is 5.97 Å². The van der Waals surface area contributed by atoms with Gasteiger partial charge in [-0.1, -0.05) is 18.0 Å². The molecule has 0 aliphatic heterocycles. The summed E-state index contributed by atoms with van der Waals surface area (Å²) >= 11 is 5.86. The van der Waals surface area contributed by atoms with Crippen LogP contribution < -0.4 is 5.32 Å². The summed E-state index contributed by atoms with van der Waals surface area (Å²) in [6.45, 7) is 2.25. The van der Waals surface area contributed by atoms with E-state index >= 15 is 0 Å². The quantitative estimate of drug-likeness (QED) is 0.877. The van der Waals surface area contributed by atoms with E-state index in [-0.39, 0.29) is 17.7 Å².